The molecule has 0 bridgehead atoms. The Morgan fingerprint density at radius 1 is 0.576 bits per heavy atom. The zero-order chi connectivity index (χ0) is 24.2. The monoisotopic (exact) mass is 472 g/mol. The van der Waals surface area contributed by atoms with Crippen LogP contribution in [0.3, 0.4) is 0 Å². The van der Waals surface area contributed by atoms with Crippen molar-refractivity contribution in [2.45, 2.75) is 124 Å². The molecule has 1 atom stereocenters. The van der Waals surface area contributed by atoms with Crippen LogP contribution in [0.2, 0.25) is 0 Å². The molecule has 0 radical (unpaired) electrons. The highest BCUT2D eigenvalue weighted by Crippen LogP contribution is 2.13. The van der Waals surface area contributed by atoms with Gasteiger partial charge in [-0.15, -0.1) is 0 Å². The maximum Gasteiger partial charge on any atom is 0.305 e. The highest BCUT2D eigenvalue weighted by Gasteiger charge is 2.09. The minimum Gasteiger partial charge on any atom is -0.465 e. The molecule has 0 aliphatic rings. The zero-order valence-electron chi connectivity index (χ0n) is 22.4. The predicted molar refractivity (Wildman–Crippen MR) is 138 cm³/mol. The van der Waals surface area contributed by atoms with Crippen LogP contribution in [0, 0.1) is 5.92 Å². The predicted octanol–water partition coefficient (Wildman–Crippen LogP) is 7.50. The van der Waals surface area contributed by atoms with E-state index < -0.39 is 0 Å². The first kappa shape index (κ1) is 32.4. The Bertz CT molecular complexity index is 388. The van der Waals surface area contributed by atoms with Crippen LogP contribution in [0.4, 0.5) is 0 Å². The Labute approximate surface area is 205 Å². The molecule has 33 heavy (non-hydrogen) atoms. The second-order valence-electron chi connectivity index (χ2n) is 9.22. The van der Waals surface area contributed by atoms with Gasteiger partial charge in [-0.1, -0.05) is 97.8 Å². The molecule has 0 aliphatic heterocycles. The molecule has 0 fully saturated rings. The van der Waals surface area contributed by atoms with Gasteiger partial charge in [-0.3, -0.25) is 4.79 Å². The smallest absolute Gasteiger partial charge is 0.305 e. The summed E-state index contributed by atoms with van der Waals surface area (Å²) >= 11 is 0. The van der Waals surface area contributed by atoms with Gasteiger partial charge in [0.1, 0.15) is 0 Å². The van der Waals surface area contributed by atoms with E-state index in [1.807, 2.05) is 0 Å². The Morgan fingerprint density at radius 2 is 1.06 bits per heavy atom. The molecule has 0 aromatic carbocycles. The van der Waals surface area contributed by atoms with E-state index in [1.54, 1.807) is 0 Å². The number of carbonyl (C=O) groups excluding carboxylic acids is 1. The van der Waals surface area contributed by atoms with Crippen molar-refractivity contribution < 1.29 is 23.7 Å². The molecular formula is C28H56O5. The van der Waals surface area contributed by atoms with Crippen molar-refractivity contribution in [2.75, 3.05) is 46.2 Å². The van der Waals surface area contributed by atoms with Crippen molar-refractivity contribution in [3.8, 4) is 0 Å². The lowest BCUT2D eigenvalue weighted by molar-refractivity contribution is -0.145. The van der Waals surface area contributed by atoms with E-state index in [4.69, 9.17) is 18.9 Å². The number of hydrogen-bond donors (Lipinski definition) is 0. The average Bonchev–Trinajstić information content (AvgIpc) is 2.83. The van der Waals surface area contributed by atoms with Gasteiger partial charge in [0, 0.05) is 19.6 Å². The van der Waals surface area contributed by atoms with Gasteiger partial charge in [0.15, 0.2) is 0 Å². The molecule has 5 nitrogen and oxygen atoms in total. The Morgan fingerprint density at radius 3 is 1.61 bits per heavy atom. The van der Waals surface area contributed by atoms with Gasteiger partial charge in [-0.25, -0.2) is 0 Å². The highest BCUT2D eigenvalue weighted by atomic mass is 16.5. The molecule has 0 aromatic rings. The molecule has 0 aliphatic carbocycles. The molecule has 0 rings (SSSR count). The van der Waals surface area contributed by atoms with Gasteiger partial charge in [0.25, 0.3) is 0 Å². The molecule has 0 aromatic heterocycles. The van der Waals surface area contributed by atoms with E-state index in [1.165, 1.54) is 70.6 Å². The number of hydrogen-bond acceptors (Lipinski definition) is 5. The molecule has 0 heterocycles. The molecule has 0 N–H and O–H groups in total. The molecule has 1 unspecified atom stereocenters. The van der Waals surface area contributed by atoms with E-state index in [-0.39, 0.29) is 5.97 Å². The number of ether oxygens (including phenoxy) is 4. The fourth-order valence-electron chi connectivity index (χ4n) is 3.73. The average molecular weight is 473 g/mol. The third-order valence-electron chi connectivity index (χ3n) is 6.08. The third kappa shape index (κ3) is 25.8. The van der Waals surface area contributed by atoms with Crippen molar-refractivity contribution in [1.82, 2.24) is 0 Å². The molecule has 0 amide bonds. The third-order valence-corrected chi connectivity index (χ3v) is 6.08. The van der Waals surface area contributed by atoms with Crippen LogP contribution in [-0.4, -0.2) is 52.2 Å². The number of carbonyl (C=O) groups is 1. The minimum atomic E-state index is -0.107. The number of rotatable bonds is 27. The van der Waals surface area contributed by atoms with E-state index in [0.717, 1.165) is 25.9 Å². The van der Waals surface area contributed by atoms with E-state index in [9.17, 15) is 4.79 Å². The first-order valence-electron chi connectivity index (χ1n) is 14.1. The molecule has 0 saturated heterocycles. The van der Waals surface area contributed by atoms with Gasteiger partial charge >= 0.3 is 5.97 Å². The van der Waals surface area contributed by atoms with Crippen LogP contribution in [0.1, 0.15) is 124 Å². The highest BCUT2D eigenvalue weighted by molar-refractivity contribution is 5.69. The summed E-state index contributed by atoms with van der Waals surface area (Å²) in [4.78, 5) is 11.8. The standard InChI is InChI=1S/C28H56O5/c1-4-7-9-10-11-12-13-14-15-16-20-30-22-24-32-25-23-31-21-17-19-28(29)33-26-27(6-3)18-8-5-2/h27H,4-26H2,1-3H3. The fourth-order valence-corrected chi connectivity index (χ4v) is 3.73. The molecular weight excluding hydrogens is 416 g/mol. The normalized spacial score (nSPS) is 12.2. The SMILES string of the molecule is CCCCCCCCCCCCOCCOCCOCCCC(=O)OCC(CC)CCCC. The molecule has 5 heteroatoms. The summed E-state index contributed by atoms with van der Waals surface area (Å²) in [5, 5.41) is 0. The summed E-state index contributed by atoms with van der Waals surface area (Å²) < 4.78 is 22.1. The van der Waals surface area contributed by atoms with Crippen molar-refractivity contribution in [2.24, 2.45) is 5.92 Å². The lowest BCUT2D eigenvalue weighted by Gasteiger charge is -2.14. The maximum absolute atomic E-state index is 11.8. The Kier molecular flexibility index (Phi) is 27.0. The topological polar surface area (TPSA) is 54.0 Å². The van der Waals surface area contributed by atoms with Crippen molar-refractivity contribution in [3.05, 3.63) is 0 Å². The van der Waals surface area contributed by atoms with Crippen LogP contribution in [-0.2, 0) is 23.7 Å². The van der Waals surface area contributed by atoms with Gasteiger partial charge in [-0.2, -0.15) is 0 Å². The molecule has 0 saturated carbocycles. The molecule has 198 valence electrons. The van der Waals surface area contributed by atoms with Crippen molar-refractivity contribution >= 4 is 5.97 Å². The van der Waals surface area contributed by atoms with Gasteiger partial charge in [0.2, 0.25) is 0 Å². The summed E-state index contributed by atoms with van der Waals surface area (Å²) in [6, 6.07) is 0. The molecule has 0 spiro atoms. The van der Waals surface area contributed by atoms with Crippen molar-refractivity contribution in [3.63, 3.8) is 0 Å². The van der Waals surface area contributed by atoms with Crippen LogP contribution in [0.15, 0.2) is 0 Å². The lowest BCUT2D eigenvalue weighted by Crippen LogP contribution is -2.14. The summed E-state index contributed by atoms with van der Waals surface area (Å²) in [7, 11) is 0. The van der Waals surface area contributed by atoms with Gasteiger partial charge in [0.05, 0.1) is 33.0 Å². The second kappa shape index (κ2) is 27.6. The van der Waals surface area contributed by atoms with Crippen LogP contribution in [0.25, 0.3) is 0 Å². The van der Waals surface area contributed by atoms with Crippen LogP contribution < -0.4 is 0 Å². The minimum absolute atomic E-state index is 0.107. The first-order valence-corrected chi connectivity index (χ1v) is 14.1. The van der Waals surface area contributed by atoms with Gasteiger partial charge < -0.3 is 18.9 Å². The van der Waals surface area contributed by atoms with E-state index in [0.29, 0.717) is 58.4 Å². The largest absolute Gasteiger partial charge is 0.465 e. The zero-order valence-corrected chi connectivity index (χ0v) is 22.4. The van der Waals surface area contributed by atoms with Crippen LogP contribution >= 0.6 is 0 Å². The van der Waals surface area contributed by atoms with E-state index in [2.05, 4.69) is 20.8 Å². The van der Waals surface area contributed by atoms with Crippen molar-refractivity contribution in [1.29, 1.82) is 0 Å². The first-order chi connectivity index (χ1) is 16.2. The maximum atomic E-state index is 11.8. The number of esters is 1. The summed E-state index contributed by atoms with van der Waals surface area (Å²) in [6.45, 7) is 11.0. The summed E-state index contributed by atoms with van der Waals surface area (Å²) in [6.07, 6.45) is 19.2. The summed E-state index contributed by atoms with van der Waals surface area (Å²) in [5.41, 5.74) is 0. The number of unbranched alkanes of at least 4 members (excludes halogenated alkanes) is 10. The van der Waals surface area contributed by atoms with Crippen LogP contribution in [0.5, 0.6) is 0 Å². The summed E-state index contributed by atoms with van der Waals surface area (Å²) in [5.74, 6) is 0.394. The second-order valence-corrected chi connectivity index (χ2v) is 9.22. The quantitative estimate of drug-likeness (QED) is 0.0915. The van der Waals surface area contributed by atoms with E-state index >= 15 is 0 Å². The van der Waals surface area contributed by atoms with Gasteiger partial charge in [-0.05, 0) is 25.2 Å². The Hall–Kier alpha value is -0.650. The Balaban J connectivity index is 3.21. The fraction of sp³-hybridized carbons (Fsp3) is 0.964. The lowest BCUT2D eigenvalue weighted by atomic mass is 10.0.